The van der Waals surface area contributed by atoms with Crippen molar-refractivity contribution >= 4 is 22.5 Å². The number of benzene rings is 1. The average molecular weight is 312 g/mol. The van der Waals surface area contributed by atoms with Crippen molar-refractivity contribution in [3.8, 4) is 5.75 Å². The Morgan fingerprint density at radius 1 is 1.17 bits per heavy atom. The van der Waals surface area contributed by atoms with Gasteiger partial charge in [0.25, 0.3) is 0 Å². The van der Waals surface area contributed by atoms with E-state index < -0.39 is 0 Å². The summed E-state index contributed by atoms with van der Waals surface area (Å²) in [4.78, 5) is 16.1. The van der Waals surface area contributed by atoms with E-state index in [0.717, 1.165) is 48.6 Å². The molecule has 2 atom stereocenters. The number of amides is 1. The molecule has 2 saturated carbocycles. The number of pyridine rings is 1. The van der Waals surface area contributed by atoms with Crippen molar-refractivity contribution in [1.82, 2.24) is 4.98 Å². The maximum Gasteiger partial charge on any atom is 0.228 e. The highest BCUT2D eigenvalue weighted by Gasteiger charge is 2.30. The van der Waals surface area contributed by atoms with E-state index in [0.29, 0.717) is 5.82 Å². The lowest BCUT2D eigenvalue weighted by molar-refractivity contribution is -0.117. The Labute approximate surface area is 134 Å². The summed E-state index contributed by atoms with van der Waals surface area (Å²) in [6, 6.07) is 7.67. The smallest absolute Gasteiger partial charge is 0.228 e. The van der Waals surface area contributed by atoms with E-state index in [9.17, 15) is 9.90 Å². The fourth-order valence-corrected chi connectivity index (χ4v) is 3.05. The number of ether oxygens (including phenoxy) is 1. The number of hydrogen-bond acceptors (Lipinski definition) is 4. The minimum Gasteiger partial charge on any atom is -0.488 e. The molecule has 2 aromatic rings. The summed E-state index contributed by atoms with van der Waals surface area (Å²) in [5.74, 6) is 1.57. The number of rotatable bonds is 4. The molecule has 1 aromatic carbocycles. The molecule has 0 radical (unpaired) electrons. The Morgan fingerprint density at radius 3 is 2.78 bits per heavy atom. The lowest BCUT2D eigenvalue weighted by atomic mass is 10.1. The number of carbonyl (C=O) groups is 1. The Kier molecular flexibility index (Phi) is 3.65. The summed E-state index contributed by atoms with van der Waals surface area (Å²) < 4.78 is 5.88. The van der Waals surface area contributed by atoms with Crippen LogP contribution in [0.3, 0.4) is 0 Å². The van der Waals surface area contributed by atoms with Gasteiger partial charge in [-0.1, -0.05) is 6.07 Å². The van der Waals surface area contributed by atoms with Gasteiger partial charge in [0.15, 0.2) is 0 Å². The molecule has 4 rings (SSSR count). The molecule has 0 saturated heterocycles. The predicted molar refractivity (Wildman–Crippen MR) is 87.4 cm³/mol. The second kappa shape index (κ2) is 5.81. The molecular weight excluding hydrogens is 292 g/mol. The SMILES string of the molecule is O=C(Nc1cc2ccc(OC3CCCC3O)cc2cn1)C1CC1. The van der Waals surface area contributed by atoms with Crippen LogP contribution in [0.4, 0.5) is 5.82 Å². The lowest BCUT2D eigenvalue weighted by Gasteiger charge is -2.17. The number of anilines is 1. The van der Waals surface area contributed by atoms with Gasteiger partial charge in [-0.3, -0.25) is 4.79 Å². The number of aliphatic hydroxyl groups is 1. The van der Waals surface area contributed by atoms with Crippen molar-refractivity contribution in [3.63, 3.8) is 0 Å². The first-order valence-corrected chi connectivity index (χ1v) is 8.24. The third-order valence-corrected chi connectivity index (χ3v) is 4.60. The summed E-state index contributed by atoms with van der Waals surface area (Å²) in [5, 5.41) is 14.7. The van der Waals surface area contributed by atoms with Gasteiger partial charge in [-0.2, -0.15) is 0 Å². The van der Waals surface area contributed by atoms with Gasteiger partial charge in [-0.15, -0.1) is 0 Å². The van der Waals surface area contributed by atoms with Crippen LogP contribution in [0.15, 0.2) is 30.5 Å². The highest BCUT2D eigenvalue weighted by molar-refractivity contribution is 5.95. The number of aliphatic hydroxyl groups excluding tert-OH is 1. The van der Waals surface area contributed by atoms with Crippen LogP contribution in [0.1, 0.15) is 32.1 Å². The first-order chi connectivity index (χ1) is 11.2. The van der Waals surface area contributed by atoms with E-state index in [-0.39, 0.29) is 24.0 Å². The molecule has 1 heterocycles. The van der Waals surface area contributed by atoms with Gasteiger partial charge < -0.3 is 15.2 Å². The topological polar surface area (TPSA) is 71.5 Å². The quantitative estimate of drug-likeness (QED) is 0.910. The zero-order chi connectivity index (χ0) is 15.8. The molecule has 0 bridgehead atoms. The molecule has 0 spiro atoms. The van der Waals surface area contributed by atoms with Crippen molar-refractivity contribution in [3.05, 3.63) is 30.5 Å². The van der Waals surface area contributed by atoms with E-state index in [1.54, 1.807) is 6.20 Å². The molecule has 2 fully saturated rings. The Morgan fingerprint density at radius 2 is 2.04 bits per heavy atom. The van der Waals surface area contributed by atoms with Crippen molar-refractivity contribution in [2.75, 3.05) is 5.32 Å². The number of aromatic nitrogens is 1. The van der Waals surface area contributed by atoms with Crippen LogP contribution in [0.2, 0.25) is 0 Å². The van der Waals surface area contributed by atoms with Gasteiger partial charge in [0.2, 0.25) is 5.91 Å². The molecule has 2 N–H and O–H groups in total. The second-order valence-corrected chi connectivity index (χ2v) is 6.50. The number of carbonyl (C=O) groups excluding carboxylic acids is 1. The highest BCUT2D eigenvalue weighted by Crippen LogP contribution is 2.31. The van der Waals surface area contributed by atoms with E-state index in [4.69, 9.17) is 4.74 Å². The van der Waals surface area contributed by atoms with Crippen molar-refractivity contribution in [1.29, 1.82) is 0 Å². The summed E-state index contributed by atoms with van der Waals surface area (Å²) in [7, 11) is 0. The highest BCUT2D eigenvalue weighted by atomic mass is 16.5. The Hall–Kier alpha value is -2.14. The number of nitrogens with one attached hydrogen (secondary N) is 1. The molecule has 120 valence electrons. The fraction of sp³-hybridized carbons (Fsp3) is 0.444. The first kappa shape index (κ1) is 14.5. The van der Waals surface area contributed by atoms with Crippen LogP contribution in [0.25, 0.3) is 10.8 Å². The maximum absolute atomic E-state index is 11.8. The standard InChI is InChI=1S/C18H20N2O3/c21-15-2-1-3-16(15)23-14-7-6-12-9-17(19-10-13(12)8-14)20-18(22)11-4-5-11/h6-11,15-16,21H,1-5H2,(H,19,20,22). The van der Waals surface area contributed by atoms with E-state index >= 15 is 0 Å². The minimum atomic E-state index is -0.371. The lowest BCUT2D eigenvalue weighted by Crippen LogP contribution is -2.25. The molecule has 23 heavy (non-hydrogen) atoms. The van der Waals surface area contributed by atoms with Gasteiger partial charge in [-0.05, 0) is 55.7 Å². The van der Waals surface area contributed by atoms with Crippen molar-refractivity contribution in [2.24, 2.45) is 5.92 Å². The van der Waals surface area contributed by atoms with Gasteiger partial charge in [-0.25, -0.2) is 4.98 Å². The maximum atomic E-state index is 11.8. The summed E-state index contributed by atoms with van der Waals surface area (Å²) >= 11 is 0. The van der Waals surface area contributed by atoms with Crippen LogP contribution in [0, 0.1) is 5.92 Å². The van der Waals surface area contributed by atoms with Crippen LogP contribution < -0.4 is 10.1 Å². The van der Waals surface area contributed by atoms with Crippen LogP contribution in [-0.4, -0.2) is 28.2 Å². The number of fused-ring (bicyclic) bond motifs is 1. The second-order valence-electron chi connectivity index (χ2n) is 6.50. The predicted octanol–water partition coefficient (Wildman–Crippen LogP) is 2.88. The summed E-state index contributed by atoms with van der Waals surface area (Å²) in [5.41, 5.74) is 0. The third kappa shape index (κ3) is 3.15. The zero-order valence-electron chi connectivity index (χ0n) is 12.9. The molecule has 2 aliphatic rings. The Bertz CT molecular complexity index is 742. The van der Waals surface area contributed by atoms with E-state index in [1.807, 2.05) is 24.3 Å². The van der Waals surface area contributed by atoms with Crippen LogP contribution in [0.5, 0.6) is 5.75 Å². The molecule has 2 unspecified atom stereocenters. The molecule has 5 nitrogen and oxygen atoms in total. The molecule has 2 aliphatic carbocycles. The van der Waals surface area contributed by atoms with E-state index in [2.05, 4.69) is 10.3 Å². The number of nitrogens with zero attached hydrogens (tertiary/aromatic N) is 1. The fourth-order valence-electron chi connectivity index (χ4n) is 3.05. The third-order valence-electron chi connectivity index (χ3n) is 4.60. The largest absolute Gasteiger partial charge is 0.488 e. The van der Waals surface area contributed by atoms with Crippen LogP contribution >= 0.6 is 0 Å². The van der Waals surface area contributed by atoms with Crippen LogP contribution in [-0.2, 0) is 4.79 Å². The van der Waals surface area contributed by atoms with Gasteiger partial charge in [0, 0.05) is 17.5 Å². The van der Waals surface area contributed by atoms with Crippen molar-refractivity contribution in [2.45, 2.75) is 44.3 Å². The summed E-state index contributed by atoms with van der Waals surface area (Å²) in [6.45, 7) is 0. The minimum absolute atomic E-state index is 0.0621. The normalized spacial score (nSPS) is 23.9. The molecule has 1 aromatic heterocycles. The van der Waals surface area contributed by atoms with Gasteiger partial charge in [0.05, 0.1) is 6.10 Å². The monoisotopic (exact) mass is 312 g/mol. The van der Waals surface area contributed by atoms with Gasteiger partial charge >= 0.3 is 0 Å². The summed E-state index contributed by atoms with van der Waals surface area (Å²) in [6.07, 6.45) is 5.93. The van der Waals surface area contributed by atoms with Crippen molar-refractivity contribution < 1.29 is 14.6 Å². The zero-order valence-corrected chi connectivity index (χ0v) is 12.9. The Balaban J connectivity index is 1.51. The number of hydrogen-bond donors (Lipinski definition) is 2. The molecular formula is C18H20N2O3. The molecule has 5 heteroatoms. The van der Waals surface area contributed by atoms with Gasteiger partial charge in [0.1, 0.15) is 17.7 Å². The first-order valence-electron chi connectivity index (χ1n) is 8.24. The molecule has 0 aliphatic heterocycles. The molecule has 1 amide bonds. The average Bonchev–Trinajstić information content (AvgIpc) is 3.32. The van der Waals surface area contributed by atoms with E-state index in [1.165, 1.54) is 0 Å².